The summed E-state index contributed by atoms with van der Waals surface area (Å²) in [6, 6.07) is 0. The van der Waals surface area contributed by atoms with E-state index in [1.165, 1.54) is 19.1 Å². The molecule has 1 aliphatic rings. The van der Waals surface area contributed by atoms with Gasteiger partial charge in [0.15, 0.2) is 0 Å². The van der Waals surface area contributed by atoms with Crippen LogP contribution in [-0.2, 0) is 0 Å². The van der Waals surface area contributed by atoms with Gasteiger partial charge in [-0.15, -0.1) is 0 Å². The van der Waals surface area contributed by atoms with Crippen molar-refractivity contribution in [3.63, 3.8) is 0 Å². The molecular formula is C10H12O3. The van der Waals surface area contributed by atoms with E-state index in [2.05, 4.69) is 0 Å². The van der Waals surface area contributed by atoms with Crippen molar-refractivity contribution in [2.45, 2.75) is 31.6 Å². The number of carbonyl (C=O) groups is 1. The van der Waals surface area contributed by atoms with E-state index in [1.54, 1.807) is 6.26 Å². The topological polar surface area (TPSA) is 50.4 Å². The first-order valence-corrected chi connectivity index (χ1v) is 4.58. The summed E-state index contributed by atoms with van der Waals surface area (Å²) in [5.41, 5.74) is 1.22. The van der Waals surface area contributed by atoms with Crippen LogP contribution >= 0.6 is 0 Å². The van der Waals surface area contributed by atoms with Gasteiger partial charge in [0.2, 0.25) is 0 Å². The number of carboxylic acid groups (broad SMARTS) is 1. The van der Waals surface area contributed by atoms with Crippen LogP contribution in [0.5, 0.6) is 0 Å². The van der Waals surface area contributed by atoms with Gasteiger partial charge in [0.1, 0.15) is 11.8 Å². The fraction of sp³-hybridized carbons (Fsp3) is 0.500. The average Bonchev–Trinajstić information content (AvgIpc) is 2.74. The van der Waals surface area contributed by atoms with Gasteiger partial charge in [-0.05, 0) is 18.8 Å². The SMILES string of the molecule is O=C(O)c1cocc1C1CCCC1. The highest BCUT2D eigenvalue weighted by Gasteiger charge is 2.23. The van der Waals surface area contributed by atoms with Crippen molar-refractivity contribution in [3.05, 3.63) is 23.7 Å². The van der Waals surface area contributed by atoms with Crippen molar-refractivity contribution < 1.29 is 14.3 Å². The quantitative estimate of drug-likeness (QED) is 0.761. The highest BCUT2D eigenvalue weighted by atomic mass is 16.4. The second-order valence-electron chi connectivity index (χ2n) is 3.53. The molecule has 2 rings (SSSR count). The zero-order valence-corrected chi connectivity index (χ0v) is 7.32. The van der Waals surface area contributed by atoms with Crippen molar-refractivity contribution in [2.75, 3.05) is 0 Å². The van der Waals surface area contributed by atoms with E-state index < -0.39 is 5.97 Å². The van der Waals surface area contributed by atoms with E-state index in [1.807, 2.05) is 0 Å². The van der Waals surface area contributed by atoms with Gasteiger partial charge in [0, 0.05) is 5.56 Å². The molecule has 0 amide bonds. The fourth-order valence-corrected chi connectivity index (χ4v) is 2.03. The van der Waals surface area contributed by atoms with Crippen molar-refractivity contribution >= 4 is 5.97 Å². The Hall–Kier alpha value is -1.25. The van der Waals surface area contributed by atoms with E-state index in [4.69, 9.17) is 9.52 Å². The highest BCUT2D eigenvalue weighted by molar-refractivity contribution is 5.89. The molecule has 1 aromatic heterocycles. The first kappa shape index (κ1) is 8.35. The fourth-order valence-electron chi connectivity index (χ4n) is 2.03. The summed E-state index contributed by atoms with van der Waals surface area (Å²) in [5, 5.41) is 8.85. The maximum absolute atomic E-state index is 10.8. The van der Waals surface area contributed by atoms with E-state index in [0.29, 0.717) is 11.5 Å². The molecule has 0 aromatic carbocycles. The molecule has 0 aliphatic heterocycles. The Morgan fingerprint density at radius 3 is 2.69 bits per heavy atom. The van der Waals surface area contributed by atoms with Crippen molar-refractivity contribution in [3.8, 4) is 0 Å². The summed E-state index contributed by atoms with van der Waals surface area (Å²) >= 11 is 0. The van der Waals surface area contributed by atoms with E-state index >= 15 is 0 Å². The summed E-state index contributed by atoms with van der Waals surface area (Å²) in [6.45, 7) is 0. The number of furan rings is 1. The van der Waals surface area contributed by atoms with Gasteiger partial charge in [0.05, 0.1) is 6.26 Å². The average molecular weight is 180 g/mol. The minimum Gasteiger partial charge on any atom is -0.478 e. The number of aromatic carboxylic acids is 1. The molecule has 1 aliphatic carbocycles. The lowest BCUT2D eigenvalue weighted by molar-refractivity contribution is 0.0694. The maximum atomic E-state index is 10.8. The van der Waals surface area contributed by atoms with Crippen LogP contribution in [0.25, 0.3) is 0 Å². The van der Waals surface area contributed by atoms with E-state index in [-0.39, 0.29) is 0 Å². The van der Waals surface area contributed by atoms with Crippen LogP contribution in [0.2, 0.25) is 0 Å². The summed E-state index contributed by atoms with van der Waals surface area (Å²) in [5.74, 6) is -0.472. The molecule has 0 unspecified atom stereocenters. The first-order valence-electron chi connectivity index (χ1n) is 4.58. The smallest absolute Gasteiger partial charge is 0.339 e. The zero-order valence-electron chi connectivity index (χ0n) is 7.32. The molecule has 3 heteroatoms. The molecule has 1 N–H and O–H groups in total. The number of rotatable bonds is 2. The third-order valence-electron chi connectivity index (χ3n) is 2.72. The number of hydrogen-bond acceptors (Lipinski definition) is 2. The number of carboxylic acids is 1. The Balaban J connectivity index is 2.28. The zero-order chi connectivity index (χ0) is 9.26. The molecule has 0 saturated heterocycles. The van der Waals surface area contributed by atoms with Crippen molar-refractivity contribution in [1.82, 2.24) is 0 Å². The standard InChI is InChI=1S/C10H12O3/c11-10(12)9-6-13-5-8(9)7-3-1-2-4-7/h5-7H,1-4H2,(H,11,12). The van der Waals surface area contributed by atoms with Crippen LogP contribution in [0.4, 0.5) is 0 Å². The molecule has 1 fully saturated rings. The lowest BCUT2D eigenvalue weighted by atomic mass is 9.97. The largest absolute Gasteiger partial charge is 0.478 e. The third-order valence-corrected chi connectivity index (χ3v) is 2.72. The van der Waals surface area contributed by atoms with Crippen molar-refractivity contribution in [2.24, 2.45) is 0 Å². The molecule has 3 nitrogen and oxygen atoms in total. The van der Waals surface area contributed by atoms with Gasteiger partial charge in [-0.1, -0.05) is 12.8 Å². The summed E-state index contributed by atoms with van der Waals surface area (Å²) in [6.07, 6.45) is 7.51. The molecule has 13 heavy (non-hydrogen) atoms. The second kappa shape index (κ2) is 3.24. The second-order valence-corrected chi connectivity index (χ2v) is 3.53. The van der Waals surface area contributed by atoms with Gasteiger partial charge in [-0.3, -0.25) is 0 Å². The van der Waals surface area contributed by atoms with E-state index in [9.17, 15) is 4.79 Å². The molecule has 0 atom stereocenters. The molecule has 1 aromatic rings. The Kier molecular flexibility index (Phi) is 2.08. The van der Waals surface area contributed by atoms with Crippen LogP contribution in [-0.4, -0.2) is 11.1 Å². The van der Waals surface area contributed by atoms with Crippen LogP contribution < -0.4 is 0 Å². The molecule has 0 radical (unpaired) electrons. The molecule has 70 valence electrons. The van der Waals surface area contributed by atoms with Gasteiger partial charge in [-0.2, -0.15) is 0 Å². The summed E-state index contributed by atoms with van der Waals surface area (Å²) < 4.78 is 4.94. The normalized spacial score (nSPS) is 17.8. The monoisotopic (exact) mass is 180 g/mol. The first-order chi connectivity index (χ1) is 6.29. The maximum Gasteiger partial charge on any atom is 0.339 e. The van der Waals surface area contributed by atoms with E-state index in [0.717, 1.165) is 18.4 Å². The van der Waals surface area contributed by atoms with Crippen LogP contribution in [0.15, 0.2) is 16.9 Å². The predicted molar refractivity (Wildman–Crippen MR) is 46.9 cm³/mol. The van der Waals surface area contributed by atoms with Gasteiger partial charge in [-0.25, -0.2) is 4.79 Å². The molecule has 1 heterocycles. The number of hydrogen-bond donors (Lipinski definition) is 1. The minimum atomic E-state index is -0.879. The third kappa shape index (κ3) is 1.46. The van der Waals surface area contributed by atoms with Crippen LogP contribution in [0, 0.1) is 0 Å². The van der Waals surface area contributed by atoms with Gasteiger partial charge < -0.3 is 9.52 Å². The Labute approximate surface area is 76.4 Å². The summed E-state index contributed by atoms with van der Waals surface area (Å²) in [7, 11) is 0. The predicted octanol–water partition coefficient (Wildman–Crippen LogP) is 2.64. The molecular weight excluding hydrogens is 168 g/mol. The van der Waals surface area contributed by atoms with Gasteiger partial charge >= 0.3 is 5.97 Å². The lowest BCUT2D eigenvalue weighted by Crippen LogP contribution is -2.01. The Morgan fingerprint density at radius 1 is 1.38 bits per heavy atom. The Morgan fingerprint density at radius 2 is 2.08 bits per heavy atom. The van der Waals surface area contributed by atoms with Crippen molar-refractivity contribution in [1.29, 1.82) is 0 Å². The Bertz CT molecular complexity index is 308. The molecule has 0 bridgehead atoms. The molecule has 0 spiro atoms. The lowest BCUT2D eigenvalue weighted by Gasteiger charge is -2.05. The van der Waals surface area contributed by atoms with Crippen LogP contribution in [0.3, 0.4) is 0 Å². The summed E-state index contributed by atoms with van der Waals surface area (Å²) in [4.78, 5) is 10.8. The highest BCUT2D eigenvalue weighted by Crippen LogP contribution is 2.36. The minimum absolute atomic E-state index is 0.340. The van der Waals surface area contributed by atoms with Gasteiger partial charge in [0.25, 0.3) is 0 Å². The molecule has 1 saturated carbocycles. The van der Waals surface area contributed by atoms with Crippen LogP contribution in [0.1, 0.15) is 47.5 Å².